The van der Waals surface area contributed by atoms with E-state index < -0.39 is 5.82 Å². The van der Waals surface area contributed by atoms with E-state index in [1.807, 2.05) is 0 Å². The molecule has 0 spiro atoms. The Morgan fingerprint density at radius 3 is 2.75 bits per heavy atom. The molecule has 58 valence electrons. The highest BCUT2D eigenvalue weighted by atomic mass is 35.5. The molecule has 12 heavy (non-hydrogen) atoms. The van der Waals surface area contributed by atoms with Crippen molar-refractivity contribution < 1.29 is 4.39 Å². The molecule has 0 N–H and O–H groups in total. The van der Waals surface area contributed by atoms with Crippen molar-refractivity contribution in [2.75, 3.05) is 0 Å². The number of rotatable bonds is 0. The van der Waals surface area contributed by atoms with Gasteiger partial charge in [-0.15, -0.1) is 0 Å². The van der Waals surface area contributed by atoms with E-state index in [0.717, 1.165) is 6.07 Å². The summed E-state index contributed by atoms with van der Waals surface area (Å²) in [6.45, 7) is 6.62. The van der Waals surface area contributed by atoms with E-state index >= 15 is 0 Å². The van der Waals surface area contributed by atoms with Crippen LogP contribution in [0.2, 0.25) is 5.02 Å². The first-order chi connectivity index (χ1) is 5.69. The van der Waals surface area contributed by atoms with Gasteiger partial charge >= 0.3 is 0 Å². The molecule has 0 radical (unpaired) electrons. The van der Waals surface area contributed by atoms with Gasteiger partial charge in [0.1, 0.15) is 6.07 Å². The fourth-order valence-corrected chi connectivity index (χ4v) is 0.934. The average Bonchev–Trinajstić information content (AvgIpc) is 2.09. The molecular weight excluding hydrogens is 179 g/mol. The maximum absolute atomic E-state index is 12.9. The van der Waals surface area contributed by atoms with Crippen LogP contribution in [0.15, 0.2) is 12.1 Å². The summed E-state index contributed by atoms with van der Waals surface area (Å²) in [7, 11) is 0. The Hall–Kier alpha value is -1.58. The van der Waals surface area contributed by atoms with E-state index in [0.29, 0.717) is 0 Å². The zero-order valence-corrected chi connectivity index (χ0v) is 6.56. The lowest BCUT2D eigenvalue weighted by Crippen LogP contribution is -1.83. The normalized spacial score (nSPS) is 8.67. The molecule has 0 aliphatic heterocycles. The predicted molar refractivity (Wildman–Crippen MR) is 42.4 cm³/mol. The maximum Gasteiger partial charge on any atom is 0.190 e. The highest BCUT2D eigenvalue weighted by Crippen LogP contribution is 2.24. The quantitative estimate of drug-likeness (QED) is 0.565. The second-order valence-electron chi connectivity index (χ2n) is 2.01. The van der Waals surface area contributed by atoms with Crippen LogP contribution in [0.25, 0.3) is 4.85 Å². The zero-order chi connectivity index (χ0) is 9.14. The molecule has 2 nitrogen and oxygen atoms in total. The molecule has 0 aromatic heterocycles. The highest BCUT2D eigenvalue weighted by Gasteiger charge is 2.07. The third kappa shape index (κ3) is 1.37. The van der Waals surface area contributed by atoms with Crippen molar-refractivity contribution >= 4 is 17.3 Å². The largest absolute Gasteiger partial charge is 0.238 e. The summed E-state index contributed by atoms with van der Waals surface area (Å²) in [4.78, 5) is 3.03. The minimum atomic E-state index is -0.772. The van der Waals surface area contributed by atoms with Crippen LogP contribution in [-0.2, 0) is 0 Å². The highest BCUT2D eigenvalue weighted by molar-refractivity contribution is 6.31. The maximum atomic E-state index is 12.9. The van der Waals surface area contributed by atoms with Crippen LogP contribution < -0.4 is 0 Å². The van der Waals surface area contributed by atoms with Gasteiger partial charge in [0.15, 0.2) is 11.5 Å². The molecule has 0 amide bonds. The van der Waals surface area contributed by atoms with Crippen molar-refractivity contribution in [3.8, 4) is 6.07 Å². The Labute approximate surface area is 73.6 Å². The molecular formula is C8H2ClFN2. The standard InChI is InChI=1S/C8H2ClFN2/c1-12-6-2-5(4-11)8(10)7(9)3-6/h2-3H. The Bertz CT molecular complexity index is 401. The van der Waals surface area contributed by atoms with Crippen LogP contribution in [-0.4, -0.2) is 0 Å². The summed E-state index contributed by atoms with van der Waals surface area (Å²) in [5, 5.41) is 8.22. The third-order valence-corrected chi connectivity index (χ3v) is 1.54. The first-order valence-electron chi connectivity index (χ1n) is 2.95. The SMILES string of the molecule is [C-]#[N+]c1cc(Cl)c(F)c(C#N)c1. The summed E-state index contributed by atoms with van der Waals surface area (Å²) in [5.41, 5.74) is -0.0357. The minimum Gasteiger partial charge on any atom is -0.238 e. The molecule has 0 aliphatic carbocycles. The average molecular weight is 181 g/mol. The van der Waals surface area contributed by atoms with E-state index in [1.54, 1.807) is 6.07 Å². The van der Waals surface area contributed by atoms with Gasteiger partial charge in [-0.2, -0.15) is 5.26 Å². The molecule has 0 heterocycles. The first-order valence-corrected chi connectivity index (χ1v) is 3.33. The van der Waals surface area contributed by atoms with Crippen LogP contribution in [0.3, 0.4) is 0 Å². The van der Waals surface area contributed by atoms with Crippen LogP contribution in [0.4, 0.5) is 10.1 Å². The first kappa shape index (κ1) is 8.52. The summed E-state index contributed by atoms with van der Waals surface area (Å²) in [5.74, 6) is -0.772. The lowest BCUT2D eigenvalue weighted by molar-refractivity contribution is 0.624. The number of hydrogen-bond donors (Lipinski definition) is 0. The van der Waals surface area contributed by atoms with E-state index in [1.165, 1.54) is 6.07 Å². The lowest BCUT2D eigenvalue weighted by atomic mass is 10.2. The molecule has 1 aromatic carbocycles. The predicted octanol–water partition coefficient (Wildman–Crippen LogP) is 2.90. The van der Waals surface area contributed by atoms with Gasteiger partial charge in [-0.3, -0.25) is 0 Å². The van der Waals surface area contributed by atoms with Gasteiger partial charge in [-0.05, 0) is 12.1 Å². The van der Waals surface area contributed by atoms with Gasteiger partial charge < -0.3 is 0 Å². The van der Waals surface area contributed by atoms with Crippen molar-refractivity contribution in [2.45, 2.75) is 0 Å². The van der Waals surface area contributed by atoms with Crippen molar-refractivity contribution in [3.63, 3.8) is 0 Å². The Morgan fingerprint density at radius 1 is 1.58 bits per heavy atom. The molecule has 0 saturated heterocycles. The van der Waals surface area contributed by atoms with Gasteiger partial charge in [0, 0.05) is 0 Å². The third-order valence-electron chi connectivity index (χ3n) is 1.26. The summed E-state index contributed by atoms with van der Waals surface area (Å²) in [6.07, 6.45) is 0. The molecule has 0 fully saturated rings. The van der Waals surface area contributed by atoms with Crippen LogP contribution in [0, 0.1) is 23.7 Å². The Kier molecular flexibility index (Phi) is 2.28. The zero-order valence-electron chi connectivity index (χ0n) is 5.81. The number of nitrogens with zero attached hydrogens (tertiary/aromatic N) is 2. The molecule has 1 rings (SSSR count). The van der Waals surface area contributed by atoms with Crippen molar-refractivity contribution in [1.82, 2.24) is 0 Å². The van der Waals surface area contributed by atoms with E-state index in [9.17, 15) is 4.39 Å². The number of hydrogen-bond acceptors (Lipinski definition) is 1. The van der Waals surface area contributed by atoms with Gasteiger partial charge in [-0.25, -0.2) is 9.24 Å². The summed E-state index contributed by atoms with van der Waals surface area (Å²) in [6, 6.07) is 3.95. The molecule has 0 atom stereocenters. The van der Waals surface area contributed by atoms with Crippen LogP contribution >= 0.6 is 11.6 Å². The molecule has 0 aliphatic rings. The molecule has 4 heteroatoms. The molecule has 1 aromatic rings. The van der Waals surface area contributed by atoms with Gasteiger partial charge in [0.05, 0.1) is 17.2 Å². The number of nitriles is 1. The summed E-state index contributed by atoms with van der Waals surface area (Å²) < 4.78 is 12.9. The topological polar surface area (TPSA) is 28.1 Å². The molecule has 0 unspecified atom stereocenters. The van der Waals surface area contributed by atoms with Crippen LogP contribution in [0.1, 0.15) is 5.56 Å². The summed E-state index contributed by atoms with van der Waals surface area (Å²) >= 11 is 5.41. The van der Waals surface area contributed by atoms with E-state index in [4.69, 9.17) is 23.4 Å². The second-order valence-corrected chi connectivity index (χ2v) is 2.42. The monoisotopic (exact) mass is 180 g/mol. The smallest absolute Gasteiger partial charge is 0.190 e. The van der Waals surface area contributed by atoms with Crippen molar-refractivity contribution in [2.24, 2.45) is 0 Å². The van der Waals surface area contributed by atoms with E-state index in [-0.39, 0.29) is 16.3 Å². The fourth-order valence-electron chi connectivity index (χ4n) is 0.721. The molecule has 0 saturated carbocycles. The Morgan fingerprint density at radius 2 is 2.25 bits per heavy atom. The lowest BCUT2D eigenvalue weighted by Gasteiger charge is -1.96. The number of halogens is 2. The van der Waals surface area contributed by atoms with Gasteiger partial charge in [0.25, 0.3) is 0 Å². The second kappa shape index (κ2) is 3.21. The molecule has 0 bridgehead atoms. The Balaban J connectivity index is 3.44. The van der Waals surface area contributed by atoms with E-state index in [2.05, 4.69) is 4.85 Å². The fraction of sp³-hybridized carbons (Fsp3) is 0. The van der Waals surface area contributed by atoms with Gasteiger partial charge in [0.2, 0.25) is 0 Å². The number of benzene rings is 1. The van der Waals surface area contributed by atoms with Gasteiger partial charge in [-0.1, -0.05) is 11.6 Å². The minimum absolute atomic E-state index is 0.165. The van der Waals surface area contributed by atoms with Crippen molar-refractivity contribution in [3.05, 3.63) is 40.0 Å². The van der Waals surface area contributed by atoms with Crippen LogP contribution in [0.5, 0.6) is 0 Å². The van der Waals surface area contributed by atoms with Crippen molar-refractivity contribution in [1.29, 1.82) is 5.26 Å².